The number of carbonyl (C=O) groups is 2. The molecule has 0 aromatic rings. The minimum atomic E-state index is -0.610. The number of ether oxygens (including phenoxy) is 2. The van der Waals surface area contributed by atoms with Gasteiger partial charge in [-0.1, -0.05) is 47.0 Å². The lowest BCUT2D eigenvalue weighted by molar-refractivity contribution is -0.146. The molecule has 0 bridgehead atoms. The second-order valence-corrected chi connectivity index (χ2v) is 5.35. The SMILES string of the molecule is CCCCCOC(=O)C(CCC)NC(=O)OCC(C)C. The summed E-state index contributed by atoms with van der Waals surface area (Å²) in [6, 6.07) is -0.610. The van der Waals surface area contributed by atoms with Crippen LogP contribution in [-0.2, 0) is 14.3 Å². The van der Waals surface area contributed by atoms with Crippen molar-refractivity contribution < 1.29 is 19.1 Å². The summed E-state index contributed by atoms with van der Waals surface area (Å²) < 4.78 is 10.2. The van der Waals surface area contributed by atoms with E-state index < -0.39 is 12.1 Å². The standard InChI is InChI=1S/C15H29NO4/c1-5-7-8-10-19-14(17)13(9-6-2)16-15(18)20-11-12(3)4/h12-13H,5-11H2,1-4H3,(H,16,18). The monoisotopic (exact) mass is 287 g/mol. The van der Waals surface area contributed by atoms with Gasteiger partial charge in [-0.05, 0) is 18.8 Å². The number of esters is 1. The lowest BCUT2D eigenvalue weighted by Crippen LogP contribution is -2.42. The molecule has 0 fully saturated rings. The summed E-state index contributed by atoms with van der Waals surface area (Å²) >= 11 is 0. The van der Waals surface area contributed by atoms with Gasteiger partial charge >= 0.3 is 12.1 Å². The van der Waals surface area contributed by atoms with Gasteiger partial charge < -0.3 is 14.8 Å². The Hall–Kier alpha value is -1.26. The van der Waals surface area contributed by atoms with Crippen molar-refractivity contribution in [1.29, 1.82) is 0 Å². The van der Waals surface area contributed by atoms with Gasteiger partial charge in [-0.2, -0.15) is 0 Å². The number of nitrogens with one attached hydrogen (secondary N) is 1. The predicted molar refractivity (Wildman–Crippen MR) is 78.5 cm³/mol. The second-order valence-electron chi connectivity index (χ2n) is 5.35. The van der Waals surface area contributed by atoms with Crippen molar-refractivity contribution in [3.63, 3.8) is 0 Å². The summed E-state index contributed by atoms with van der Waals surface area (Å²) in [7, 11) is 0. The van der Waals surface area contributed by atoms with Gasteiger partial charge in [0.1, 0.15) is 6.04 Å². The number of carbonyl (C=O) groups excluding carboxylic acids is 2. The molecule has 0 aliphatic rings. The molecule has 0 aliphatic carbocycles. The van der Waals surface area contributed by atoms with E-state index in [4.69, 9.17) is 9.47 Å². The number of hydrogen-bond acceptors (Lipinski definition) is 4. The highest BCUT2D eigenvalue weighted by atomic mass is 16.6. The number of amides is 1. The molecule has 0 radical (unpaired) electrons. The van der Waals surface area contributed by atoms with E-state index in [0.29, 0.717) is 19.6 Å². The zero-order chi connectivity index (χ0) is 15.4. The fraction of sp³-hybridized carbons (Fsp3) is 0.867. The van der Waals surface area contributed by atoms with Crippen LogP contribution in [0.3, 0.4) is 0 Å². The van der Waals surface area contributed by atoms with E-state index in [1.165, 1.54) is 0 Å². The van der Waals surface area contributed by atoms with E-state index in [0.717, 1.165) is 25.7 Å². The molecule has 1 N–H and O–H groups in total. The lowest BCUT2D eigenvalue weighted by atomic mass is 10.2. The molecule has 5 heteroatoms. The Labute approximate surface area is 122 Å². The zero-order valence-electron chi connectivity index (χ0n) is 13.2. The van der Waals surface area contributed by atoms with E-state index in [-0.39, 0.29) is 11.9 Å². The Kier molecular flexibility index (Phi) is 10.8. The van der Waals surface area contributed by atoms with Gasteiger partial charge in [0.25, 0.3) is 0 Å². The summed E-state index contributed by atoms with van der Waals surface area (Å²) in [6.45, 7) is 8.72. The van der Waals surface area contributed by atoms with Crippen LogP contribution in [0.15, 0.2) is 0 Å². The molecule has 20 heavy (non-hydrogen) atoms. The van der Waals surface area contributed by atoms with Crippen molar-refractivity contribution in [2.24, 2.45) is 5.92 Å². The topological polar surface area (TPSA) is 64.6 Å². The van der Waals surface area contributed by atoms with Crippen molar-refractivity contribution in [3.05, 3.63) is 0 Å². The molecule has 0 saturated heterocycles. The van der Waals surface area contributed by atoms with Crippen molar-refractivity contribution in [3.8, 4) is 0 Å². The molecule has 0 aromatic carbocycles. The maximum Gasteiger partial charge on any atom is 0.407 e. The molecular weight excluding hydrogens is 258 g/mol. The first kappa shape index (κ1) is 18.7. The summed E-state index contributed by atoms with van der Waals surface area (Å²) in [5.74, 6) is -0.101. The third-order valence-corrected chi connectivity index (χ3v) is 2.69. The Morgan fingerprint density at radius 1 is 1.05 bits per heavy atom. The van der Waals surface area contributed by atoms with Gasteiger partial charge in [-0.25, -0.2) is 9.59 Å². The van der Waals surface area contributed by atoms with Crippen LogP contribution >= 0.6 is 0 Å². The smallest absolute Gasteiger partial charge is 0.407 e. The molecule has 0 rings (SSSR count). The maximum atomic E-state index is 11.9. The predicted octanol–water partition coefficient (Wildman–Crippen LogP) is 3.27. The van der Waals surface area contributed by atoms with Crippen LogP contribution in [0.4, 0.5) is 4.79 Å². The van der Waals surface area contributed by atoms with Crippen LogP contribution < -0.4 is 5.32 Å². The Morgan fingerprint density at radius 2 is 1.75 bits per heavy atom. The van der Waals surface area contributed by atoms with Crippen LogP contribution in [0.25, 0.3) is 0 Å². The fourth-order valence-electron chi connectivity index (χ4n) is 1.59. The van der Waals surface area contributed by atoms with Crippen molar-refractivity contribution in [1.82, 2.24) is 5.32 Å². The largest absolute Gasteiger partial charge is 0.464 e. The number of unbranched alkanes of at least 4 members (excludes halogenated alkanes) is 2. The van der Waals surface area contributed by atoms with Crippen LogP contribution in [0.1, 0.15) is 59.8 Å². The molecule has 0 saturated carbocycles. The minimum Gasteiger partial charge on any atom is -0.464 e. The quantitative estimate of drug-likeness (QED) is 0.495. The molecule has 118 valence electrons. The first-order chi connectivity index (χ1) is 9.51. The molecule has 5 nitrogen and oxygen atoms in total. The first-order valence-electron chi connectivity index (χ1n) is 7.61. The van der Waals surface area contributed by atoms with Gasteiger partial charge in [-0.15, -0.1) is 0 Å². The molecule has 1 atom stereocenters. The number of hydrogen-bond donors (Lipinski definition) is 1. The van der Waals surface area contributed by atoms with E-state index >= 15 is 0 Å². The summed E-state index contributed by atoms with van der Waals surface area (Å²) in [5.41, 5.74) is 0. The molecule has 0 spiro atoms. The second kappa shape index (κ2) is 11.6. The molecule has 1 unspecified atom stereocenters. The third kappa shape index (κ3) is 9.64. The highest BCUT2D eigenvalue weighted by molar-refractivity contribution is 5.81. The van der Waals surface area contributed by atoms with Crippen molar-refractivity contribution >= 4 is 12.1 Å². The van der Waals surface area contributed by atoms with Gasteiger partial charge in [0.15, 0.2) is 0 Å². The molecule has 1 amide bonds. The number of alkyl carbamates (subject to hydrolysis) is 1. The van der Waals surface area contributed by atoms with Crippen molar-refractivity contribution in [2.75, 3.05) is 13.2 Å². The highest BCUT2D eigenvalue weighted by Crippen LogP contribution is 2.03. The van der Waals surface area contributed by atoms with Crippen LogP contribution in [0.2, 0.25) is 0 Å². The van der Waals surface area contributed by atoms with Crippen LogP contribution in [0, 0.1) is 5.92 Å². The van der Waals surface area contributed by atoms with E-state index in [1.807, 2.05) is 20.8 Å². The van der Waals surface area contributed by atoms with E-state index in [2.05, 4.69) is 12.2 Å². The molecule has 0 aliphatic heterocycles. The summed E-state index contributed by atoms with van der Waals surface area (Å²) in [5, 5.41) is 2.58. The third-order valence-electron chi connectivity index (χ3n) is 2.69. The Balaban J connectivity index is 4.12. The Bertz CT molecular complexity index is 279. The fourth-order valence-corrected chi connectivity index (χ4v) is 1.59. The minimum absolute atomic E-state index is 0.270. The number of rotatable bonds is 10. The zero-order valence-corrected chi connectivity index (χ0v) is 13.2. The lowest BCUT2D eigenvalue weighted by Gasteiger charge is -2.17. The molecule has 0 aromatic heterocycles. The van der Waals surface area contributed by atoms with Crippen LogP contribution in [-0.4, -0.2) is 31.3 Å². The Morgan fingerprint density at radius 3 is 2.30 bits per heavy atom. The maximum absolute atomic E-state index is 11.9. The van der Waals surface area contributed by atoms with Gasteiger partial charge in [-0.3, -0.25) is 0 Å². The van der Waals surface area contributed by atoms with E-state index in [9.17, 15) is 9.59 Å². The van der Waals surface area contributed by atoms with Gasteiger partial charge in [0.2, 0.25) is 0 Å². The molecular formula is C15H29NO4. The highest BCUT2D eigenvalue weighted by Gasteiger charge is 2.22. The first-order valence-corrected chi connectivity index (χ1v) is 7.61. The van der Waals surface area contributed by atoms with Gasteiger partial charge in [0, 0.05) is 0 Å². The van der Waals surface area contributed by atoms with Crippen molar-refractivity contribution in [2.45, 2.75) is 65.8 Å². The normalized spacial score (nSPS) is 12.1. The summed E-state index contributed by atoms with van der Waals surface area (Å²) in [6.07, 6.45) is 3.77. The molecule has 0 heterocycles. The average Bonchev–Trinajstić information content (AvgIpc) is 2.40. The van der Waals surface area contributed by atoms with Crippen LogP contribution in [0.5, 0.6) is 0 Å². The van der Waals surface area contributed by atoms with Gasteiger partial charge in [0.05, 0.1) is 13.2 Å². The van der Waals surface area contributed by atoms with E-state index in [1.54, 1.807) is 0 Å². The summed E-state index contributed by atoms with van der Waals surface area (Å²) in [4.78, 5) is 23.4. The average molecular weight is 287 g/mol.